The van der Waals surface area contributed by atoms with Gasteiger partial charge in [0.25, 0.3) is 0 Å². The zero-order chi connectivity index (χ0) is 12.4. The number of nitrogens with two attached hydrogens (primary N) is 1. The van der Waals surface area contributed by atoms with Crippen molar-refractivity contribution in [1.82, 2.24) is 14.7 Å². The van der Waals surface area contributed by atoms with Gasteiger partial charge in [-0.25, -0.2) is 0 Å². The Morgan fingerprint density at radius 3 is 2.82 bits per heavy atom. The summed E-state index contributed by atoms with van der Waals surface area (Å²) in [5, 5.41) is 4.36. The minimum atomic E-state index is 0.236. The van der Waals surface area contributed by atoms with E-state index in [0.29, 0.717) is 6.04 Å². The Kier molecular flexibility index (Phi) is 3.84. The van der Waals surface area contributed by atoms with Gasteiger partial charge in [-0.15, -0.1) is 0 Å². The Hall–Kier alpha value is -0.870. The number of rotatable bonds is 2. The van der Waals surface area contributed by atoms with E-state index in [1.54, 1.807) is 0 Å². The van der Waals surface area contributed by atoms with Crippen LogP contribution in [-0.2, 0) is 7.05 Å². The topological polar surface area (TPSA) is 47.1 Å². The van der Waals surface area contributed by atoms with Gasteiger partial charge in [0.15, 0.2) is 0 Å². The van der Waals surface area contributed by atoms with Crippen LogP contribution < -0.4 is 5.73 Å². The first-order valence-corrected chi connectivity index (χ1v) is 6.63. The van der Waals surface area contributed by atoms with Crippen LogP contribution in [0.1, 0.15) is 43.5 Å². The van der Waals surface area contributed by atoms with E-state index in [9.17, 15) is 0 Å². The summed E-state index contributed by atoms with van der Waals surface area (Å²) in [5.74, 6) is 0. The second-order valence-electron chi connectivity index (χ2n) is 5.04. The third-order valence-electron chi connectivity index (χ3n) is 4.03. The predicted molar refractivity (Wildman–Crippen MR) is 69.8 cm³/mol. The van der Waals surface area contributed by atoms with E-state index in [1.807, 2.05) is 17.9 Å². The minimum absolute atomic E-state index is 0.236. The average molecular weight is 236 g/mol. The molecule has 0 spiro atoms. The third-order valence-corrected chi connectivity index (χ3v) is 4.03. The fraction of sp³-hybridized carbons (Fsp3) is 0.769. The predicted octanol–water partition coefficient (Wildman–Crippen LogP) is 1.60. The molecule has 1 aliphatic heterocycles. The summed E-state index contributed by atoms with van der Waals surface area (Å²) in [5.41, 5.74) is 8.93. The second kappa shape index (κ2) is 5.19. The summed E-state index contributed by atoms with van der Waals surface area (Å²) in [6.45, 7) is 6.57. The molecular weight excluding hydrogens is 212 g/mol. The first-order chi connectivity index (χ1) is 8.15. The number of likely N-dealkylation sites (tertiary alicyclic amines) is 1. The van der Waals surface area contributed by atoms with Crippen molar-refractivity contribution in [3.05, 3.63) is 17.5 Å². The van der Waals surface area contributed by atoms with E-state index < -0.39 is 0 Å². The lowest BCUT2D eigenvalue weighted by Crippen LogP contribution is -2.39. The molecule has 96 valence electrons. The number of likely N-dealkylation sites (N-methyl/N-ethyl adjacent to an activating group) is 1. The molecule has 0 saturated carbocycles. The second-order valence-corrected chi connectivity index (χ2v) is 5.04. The molecule has 2 N–H and O–H groups in total. The molecule has 17 heavy (non-hydrogen) atoms. The van der Waals surface area contributed by atoms with Crippen molar-refractivity contribution in [2.45, 2.75) is 45.2 Å². The molecular formula is C13H24N4. The molecule has 2 unspecified atom stereocenters. The molecule has 0 amide bonds. The van der Waals surface area contributed by atoms with Crippen LogP contribution in [-0.4, -0.2) is 33.8 Å². The number of nitrogens with zero attached hydrogens (tertiary/aromatic N) is 3. The van der Waals surface area contributed by atoms with Gasteiger partial charge in [-0.1, -0.05) is 13.3 Å². The van der Waals surface area contributed by atoms with Crippen LogP contribution in [0.15, 0.2) is 6.20 Å². The molecule has 1 aromatic heterocycles. The summed E-state index contributed by atoms with van der Waals surface area (Å²) in [6.07, 6.45) is 5.62. The molecule has 4 nitrogen and oxygen atoms in total. The molecule has 1 saturated heterocycles. The van der Waals surface area contributed by atoms with Crippen molar-refractivity contribution in [2.75, 3.05) is 13.1 Å². The lowest BCUT2D eigenvalue weighted by atomic mass is 9.97. The maximum absolute atomic E-state index is 6.38. The molecule has 2 rings (SSSR count). The zero-order valence-corrected chi connectivity index (χ0v) is 11.2. The van der Waals surface area contributed by atoms with E-state index in [4.69, 9.17) is 5.73 Å². The highest BCUT2D eigenvalue weighted by Crippen LogP contribution is 2.30. The van der Waals surface area contributed by atoms with Gasteiger partial charge in [-0.2, -0.15) is 5.10 Å². The van der Waals surface area contributed by atoms with E-state index in [2.05, 4.69) is 23.8 Å². The van der Waals surface area contributed by atoms with Gasteiger partial charge in [0, 0.05) is 24.3 Å². The molecule has 4 heteroatoms. The first kappa shape index (κ1) is 12.6. The number of aromatic nitrogens is 2. The Bertz CT molecular complexity index is 371. The summed E-state index contributed by atoms with van der Waals surface area (Å²) in [6, 6.07) is 0.580. The normalized spacial score (nSPS) is 27.1. The lowest BCUT2D eigenvalue weighted by molar-refractivity contribution is 0.194. The monoisotopic (exact) mass is 236 g/mol. The highest BCUT2D eigenvalue weighted by molar-refractivity contribution is 5.22. The molecule has 0 aromatic carbocycles. The number of hydrogen-bond donors (Lipinski definition) is 1. The largest absolute Gasteiger partial charge is 0.326 e. The molecule has 0 aliphatic carbocycles. The van der Waals surface area contributed by atoms with Crippen molar-refractivity contribution in [1.29, 1.82) is 0 Å². The van der Waals surface area contributed by atoms with E-state index in [1.165, 1.54) is 24.1 Å². The van der Waals surface area contributed by atoms with Crippen LogP contribution in [0.5, 0.6) is 0 Å². The van der Waals surface area contributed by atoms with Crippen molar-refractivity contribution in [2.24, 2.45) is 12.8 Å². The fourth-order valence-electron chi connectivity index (χ4n) is 2.85. The smallest absolute Gasteiger partial charge is 0.0541 e. The highest BCUT2D eigenvalue weighted by atomic mass is 15.3. The highest BCUT2D eigenvalue weighted by Gasteiger charge is 2.30. The summed E-state index contributed by atoms with van der Waals surface area (Å²) in [7, 11) is 2.00. The lowest BCUT2D eigenvalue weighted by Gasteiger charge is -2.32. The fourth-order valence-corrected chi connectivity index (χ4v) is 2.85. The van der Waals surface area contributed by atoms with Gasteiger partial charge in [-0.3, -0.25) is 9.58 Å². The first-order valence-electron chi connectivity index (χ1n) is 6.63. The Morgan fingerprint density at radius 1 is 1.47 bits per heavy atom. The van der Waals surface area contributed by atoms with E-state index >= 15 is 0 Å². The van der Waals surface area contributed by atoms with Gasteiger partial charge in [0.1, 0.15) is 0 Å². The maximum atomic E-state index is 6.38. The number of aryl methyl sites for hydroxylation is 1. The summed E-state index contributed by atoms with van der Waals surface area (Å²) < 4.78 is 1.95. The van der Waals surface area contributed by atoms with Crippen molar-refractivity contribution >= 4 is 0 Å². The van der Waals surface area contributed by atoms with E-state index in [0.717, 1.165) is 19.5 Å². The van der Waals surface area contributed by atoms with Crippen LogP contribution in [0.2, 0.25) is 0 Å². The van der Waals surface area contributed by atoms with Crippen molar-refractivity contribution < 1.29 is 0 Å². The molecule has 2 atom stereocenters. The number of hydrogen-bond acceptors (Lipinski definition) is 3. The van der Waals surface area contributed by atoms with Gasteiger partial charge in [-0.05, 0) is 32.9 Å². The van der Waals surface area contributed by atoms with Crippen molar-refractivity contribution in [3.8, 4) is 0 Å². The summed E-state index contributed by atoms with van der Waals surface area (Å²) in [4.78, 5) is 2.50. The molecule has 2 heterocycles. The Balaban J connectivity index is 2.33. The van der Waals surface area contributed by atoms with Gasteiger partial charge in [0.05, 0.1) is 12.2 Å². The minimum Gasteiger partial charge on any atom is -0.326 e. The standard InChI is InChI=1S/C13H24N4/c1-4-17-8-6-5-7-12(14)13(17)11-9-15-16(3)10(11)2/h9,12-13H,4-8,14H2,1-3H3. The van der Waals surface area contributed by atoms with Crippen LogP contribution in [0.4, 0.5) is 0 Å². The van der Waals surface area contributed by atoms with Gasteiger partial charge in [0.2, 0.25) is 0 Å². The maximum Gasteiger partial charge on any atom is 0.0541 e. The molecule has 1 fully saturated rings. The molecule has 0 radical (unpaired) electrons. The molecule has 0 bridgehead atoms. The van der Waals surface area contributed by atoms with Crippen LogP contribution in [0, 0.1) is 6.92 Å². The van der Waals surface area contributed by atoms with E-state index in [-0.39, 0.29) is 6.04 Å². The molecule has 1 aliphatic rings. The quantitative estimate of drug-likeness (QED) is 0.848. The average Bonchev–Trinajstić information content (AvgIpc) is 2.53. The Labute approximate surface area is 104 Å². The Morgan fingerprint density at radius 2 is 2.24 bits per heavy atom. The van der Waals surface area contributed by atoms with Crippen molar-refractivity contribution in [3.63, 3.8) is 0 Å². The summed E-state index contributed by atoms with van der Waals surface area (Å²) >= 11 is 0. The zero-order valence-electron chi connectivity index (χ0n) is 11.2. The SMILES string of the molecule is CCN1CCCCC(N)C1c1cnn(C)c1C. The molecule has 1 aromatic rings. The van der Waals surface area contributed by atoms with Crippen LogP contribution >= 0.6 is 0 Å². The van der Waals surface area contributed by atoms with Gasteiger partial charge >= 0.3 is 0 Å². The van der Waals surface area contributed by atoms with Gasteiger partial charge < -0.3 is 5.73 Å². The van der Waals surface area contributed by atoms with Crippen LogP contribution in [0.25, 0.3) is 0 Å². The third kappa shape index (κ3) is 2.38. The van der Waals surface area contributed by atoms with Crippen LogP contribution in [0.3, 0.4) is 0 Å².